The van der Waals surface area contributed by atoms with E-state index in [2.05, 4.69) is 15.3 Å². The number of aliphatic imine (C=N–C) groups is 1. The van der Waals surface area contributed by atoms with Crippen molar-refractivity contribution in [1.82, 2.24) is 10.3 Å². The van der Waals surface area contributed by atoms with Crippen molar-refractivity contribution in [1.29, 1.82) is 0 Å². The van der Waals surface area contributed by atoms with Crippen molar-refractivity contribution in [3.05, 3.63) is 0 Å². The minimum absolute atomic E-state index is 0.246. The molecule has 1 rings (SSSR count). The summed E-state index contributed by atoms with van der Waals surface area (Å²) < 4.78 is 5.46. The van der Waals surface area contributed by atoms with Crippen LogP contribution < -0.4 is 11.3 Å². The zero-order valence-electron chi connectivity index (χ0n) is 10.6. The molecule has 0 amide bonds. The van der Waals surface area contributed by atoms with Crippen molar-refractivity contribution in [3.63, 3.8) is 0 Å². The molecule has 5 heteroatoms. The molecule has 0 aromatic rings. The third-order valence-electron chi connectivity index (χ3n) is 2.66. The standard InChI is InChI=1S/C11H24N4O/c1-9(2)13-11(14-12)15(3)7-10-5-4-6-16-8-10/h9-10H,4-8,12H2,1-3H3,(H,13,14). The molecule has 0 aromatic carbocycles. The SMILES string of the molecule is CC(C)N=C(NN)N(C)CC1CCCOC1. The van der Waals surface area contributed by atoms with E-state index in [1.165, 1.54) is 6.42 Å². The maximum atomic E-state index is 5.47. The average molecular weight is 228 g/mol. The van der Waals surface area contributed by atoms with Gasteiger partial charge in [0.05, 0.1) is 6.61 Å². The second kappa shape index (κ2) is 6.70. The summed E-state index contributed by atoms with van der Waals surface area (Å²) in [4.78, 5) is 6.50. The van der Waals surface area contributed by atoms with Crippen molar-refractivity contribution >= 4 is 5.96 Å². The normalized spacial score (nSPS) is 22.3. The van der Waals surface area contributed by atoms with Crippen LogP contribution in [0.2, 0.25) is 0 Å². The quantitative estimate of drug-likeness (QED) is 0.321. The minimum Gasteiger partial charge on any atom is -0.381 e. The summed E-state index contributed by atoms with van der Waals surface area (Å²) in [7, 11) is 2.01. The fourth-order valence-electron chi connectivity index (χ4n) is 1.92. The Morgan fingerprint density at radius 2 is 2.38 bits per heavy atom. The van der Waals surface area contributed by atoms with Crippen LogP contribution >= 0.6 is 0 Å². The monoisotopic (exact) mass is 228 g/mol. The summed E-state index contributed by atoms with van der Waals surface area (Å²) in [6.07, 6.45) is 2.38. The van der Waals surface area contributed by atoms with E-state index in [0.29, 0.717) is 5.92 Å². The molecule has 0 radical (unpaired) electrons. The predicted molar refractivity (Wildman–Crippen MR) is 66.1 cm³/mol. The van der Waals surface area contributed by atoms with Crippen LogP contribution in [-0.4, -0.2) is 43.7 Å². The number of ether oxygens (including phenoxy) is 1. The van der Waals surface area contributed by atoms with Crippen LogP contribution in [0.25, 0.3) is 0 Å². The number of nitrogens with zero attached hydrogens (tertiary/aromatic N) is 2. The third kappa shape index (κ3) is 4.37. The second-order valence-electron chi connectivity index (χ2n) is 4.65. The first-order chi connectivity index (χ1) is 7.63. The lowest BCUT2D eigenvalue weighted by molar-refractivity contribution is 0.0482. The molecule has 1 aliphatic heterocycles. The molecule has 5 nitrogen and oxygen atoms in total. The molecular formula is C11H24N4O. The largest absolute Gasteiger partial charge is 0.381 e. The highest BCUT2D eigenvalue weighted by molar-refractivity contribution is 5.79. The van der Waals surface area contributed by atoms with Crippen molar-refractivity contribution in [2.24, 2.45) is 16.8 Å². The van der Waals surface area contributed by atoms with Gasteiger partial charge in [-0.1, -0.05) is 0 Å². The fraction of sp³-hybridized carbons (Fsp3) is 0.909. The van der Waals surface area contributed by atoms with Crippen LogP contribution in [0.5, 0.6) is 0 Å². The summed E-state index contributed by atoms with van der Waals surface area (Å²) in [5.41, 5.74) is 2.66. The number of hydrogen-bond acceptors (Lipinski definition) is 3. The Bertz CT molecular complexity index is 224. The number of hydrogen-bond donors (Lipinski definition) is 2. The van der Waals surface area contributed by atoms with E-state index < -0.39 is 0 Å². The molecule has 3 N–H and O–H groups in total. The van der Waals surface area contributed by atoms with E-state index in [1.54, 1.807) is 0 Å². The molecular weight excluding hydrogens is 204 g/mol. The van der Waals surface area contributed by atoms with Crippen molar-refractivity contribution in [2.45, 2.75) is 32.7 Å². The number of guanidine groups is 1. The highest BCUT2D eigenvalue weighted by Crippen LogP contribution is 2.14. The number of hydrazine groups is 1. The highest BCUT2D eigenvalue weighted by Gasteiger charge is 2.17. The summed E-state index contributed by atoms with van der Waals surface area (Å²) in [5.74, 6) is 6.81. The van der Waals surface area contributed by atoms with Gasteiger partial charge in [-0.25, -0.2) is 10.8 Å². The molecule has 1 heterocycles. The lowest BCUT2D eigenvalue weighted by Gasteiger charge is -2.28. The molecule has 0 aliphatic carbocycles. The topological polar surface area (TPSA) is 62.9 Å². The van der Waals surface area contributed by atoms with Crippen LogP contribution in [0, 0.1) is 5.92 Å². The third-order valence-corrected chi connectivity index (χ3v) is 2.66. The van der Waals surface area contributed by atoms with Crippen molar-refractivity contribution in [2.75, 3.05) is 26.8 Å². The zero-order valence-corrected chi connectivity index (χ0v) is 10.6. The Kier molecular flexibility index (Phi) is 5.55. The van der Waals surface area contributed by atoms with Gasteiger partial charge in [-0.05, 0) is 32.6 Å². The maximum absolute atomic E-state index is 5.47. The van der Waals surface area contributed by atoms with E-state index in [-0.39, 0.29) is 6.04 Å². The van der Waals surface area contributed by atoms with E-state index in [0.717, 1.165) is 32.1 Å². The smallest absolute Gasteiger partial charge is 0.208 e. The first-order valence-electron chi connectivity index (χ1n) is 5.96. The van der Waals surface area contributed by atoms with E-state index in [9.17, 15) is 0 Å². The fourth-order valence-corrected chi connectivity index (χ4v) is 1.92. The van der Waals surface area contributed by atoms with E-state index in [4.69, 9.17) is 10.6 Å². The summed E-state index contributed by atoms with van der Waals surface area (Å²) >= 11 is 0. The van der Waals surface area contributed by atoms with Gasteiger partial charge in [0.1, 0.15) is 0 Å². The molecule has 0 aromatic heterocycles. The van der Waals surface area contributed by atoms with Gasteiger partial charge in [0, 0.05) is 26.2 Å². The summed E-state index contributed by atoms with van der Waals surface area (Å²) in [6, 6.07) is 0.246. The van der Waals surface area contributed by atoms with Gasteiger partial charge in [0.15, 0.2) is 0 Å². The molecule has 1 fully saturated rings. The Morgan fingerprint density at radius 3 is 2.88 bits per heavy atom. The molecule has 1 unspecified atom stereocenters. The van der Waals surface area contributed by atoms with Gasteiger partial charge in [-0.3, -0.25) is 5.43 Å². The minimum atomic E-state index is 0.246. The molecule has 0 saturated carbocycles. The lowest BCUT2D eigenvalue weighted by atomic mass is 10.0. The van der Waals surface area contributed by atoms with Gasteiger partial charge in [0.25, 0.3) is 0 Å². The number of nitrogens with one attached hydrogen (secondary N) is 1. The Hall–Kier alpha value is -0.810. The second-order valence-corrected chi connectivity index (χ2v) is 4.65. The molecule has 16 heavy (non-hydrogen) atoms. The maximum Gasteiger partial charge on any atom is 0.208 e. The van der Waals surface area contributed by atoms with Gasteiger partial charge in [-0.2, -0.15) is 0 Å². The molecule has 94 valence electrons. The van der Waals surface area contributed by atoms with Gasteiger partial charge >= 0.3 is 0 Å². The molecule has 0 spiro atoms. The molecule has 0 bridgehead atoms. The van der Waals surface area contributed by atoms with Crippen LogP contribution in [-0.2, 0) is 4.74 Å². The molecule has 1 aliphatic rings. The van der Waals surface area contributed by atoms with E-state index >= 15 is 0 Å². The average Bonchev–Trinajstić information content (AvgIpc) is 2.26. The summed E-state index contributed by atoms with van der Waals surface area (Å²) in [6.45, 7) is 6.77. The van der Waals surface area contributed by atoms with Gasteiger partial charge < -0.3 is 9.64 Å². The van der Waals surface area contributed by atoms with Crippen LogP contribution in [0.3, 0.4) is 0 Å². The molecule has 1 atom stereocenters. The summed E-state index contributed by atoms with van der Waals surface area (Å²) in [5, 5.41) is 0. The predicted octanol–water partition coefficient (Wildman–Crippen LogP) is 0.573. The van der Waals surface area contributed by atoms with Crippen LogP contribution in [0.4, 0.5) is 0 Å². The Balaban J connectivity index is 2.44. The number of rotatable bonds is 3. The van der Waals surface area contributed by atoms with E-state index in [1.807, 2.05) is 20.9 Å². The lowest BCUT2D eigenvalue weighted by Crippen LogP contribution is -2.46. The van der Waals surface area contributed by atoms with Crippen molar-refractivity contribution in [3.8, 4) is 0 Å². The zero-order chi connectivity index (χ0) is 12.0. The first kappa shape index (κ1) is 13.3. The Morgan fingerprint density at radius 1 is 1.62 bits per heavy atom. The highest BCUT2D eigenvalue weighted by atomic mass is 16.5. The Labute approximate surface area is 98.0 Å². The van der Waals surface area contributed by atoms with Crippen LogP contribution in [0.1, 0.15) is 26.7 Å². The van der Waals surface area contributed by atoms with Crippen molar-refractivity contribution < 1.29 is 4.74 Å². The van der Waals surface area contributed by atoms with Gasteiger partial charge in [0.2, 0.25) is 5.96 Å². The first-order valence-corrected chi connectivity index (χ1v) is 5.96. The number of nitrogens with two attached hydrogens (primary N) is 1. The van der Waals surface area contributed by atoms with Crippen LogP contribution in [0.15, 0.2) is 4.99 Å². The van der Waals surface area contributed by atoms with Gasteiger partial charge in [-0.15, -0.1) is 0 Å². The molecule has 1 saturated heterocycles.